The number of nitrogens with one attached hydrogen (secondary N) is 1. The molecule has 0 aliphatic heterocycles. The maximum atomic E-state index is 13.5. The third-order valence-corrected chi connectivity index (χ3v) is 6.00. The van der Waals surface area contributed by atoms with Gasteiger partial charge in [-0.1, -0.05) is 42.5 Å². The molecule has 2 aromatic carbocycles. The highest BCUT2D eigenvalue weighted by Gasteiger charge is 2.25. The number of rotatable bonds is 5. The number of anilines is 1. The van der Waals surface area contributed by atoms with Gasteiger partial charge >= 0.3 is 0 Å². The van der Waals surface area contributed by atoms with Gasteiger partial charge in [-0.2, -0.15) is 5.10 Å². The van der Waals surface area contributed by atoms with Gasteiger partial charge in [0, 0.05) is 24.1 Å². The smallest absolute Gasteiger partial charge is 0.251 e. The van der Waals surface area contributed by atoms with E-state index in [0.29, 0.717) is 46.6 Å². The molecular weight excluding hydrogens is 435 g/mol. The molecule has 0 saturated heterocycles. The Morgan fingerprint density at radius 3 is 2.74 bits per heavy atom. The molecule has 1 amide bonds. The van der Waals surface area contributed by atoms with Crippen LogP contribution in [-0.2, 0) is 6.54 Å². The molecule has 0 spiro atoms. The molecule has 5 rings (SSSR count). The van der Waals surface area contributed by atoms with E-state index in [1.807, 2.05) is 30.3 Å². The highest BCUT2D eigenvalue weighted by atomic mass is 19.1. The molecule has 2 aromatic heterocycles. The first-order valence-electron chi connectivity index (χ1n) is 10.9. The number of nitrogens with two attached hydrogens (primary N) is 1. The topological polar surface area (TPSA) is 119 Å². The van der Waals surface area contributed by atoms with E-state index < -0.39 is 11.9 Å². The summed E-state index contributed by atoms with van der Waals surface area (Å²) in [5, 5.41) is 18.1. The first-order valence-corrected chi connectivity index (χ1v) is 10.9. The molecule has 9 heteroatoms. The predicted molar refractivity (Wildman–Crippen MR) is 126 cm³/mol. The first kappa shape index (κ1) is 21.7. The minimum atomic E-state index is -0.516. The number of aryl methyl sites for hydroxylation is 1. The monoisotopic (exact) mass is 458 g/mol. The van der Waals surface area contributed by atoms with Crippen molar-refractivity contribution in [1.29, 1.82) is 0 Å². The third-order valence-electron chi connectivity index (χ3n) is 6.00. The number of aliphatic hydroxyl groups excluding tert-OH is 1. The van der Waals surface area contributed by atoms with E-state index in [2.05, 4.69) is 15.3 Å². The fourth-order valence-electron chi connectivity index (χ4n) is 4.17. The van der Waals surface area contributed by atoms with E-state index in [1.54, 1.807) is 23.7 Å². The van der Waals surface area contributed by atoms with Gasteiger partial charge in [-0.3, -0.25) is 4.79 Å². The van der Waals surface area contributed by atoms with Crippen molar-refractivity contribution in [1.82, 2.24) is 25.1 Å². The molecule has 4 N–H and O–H groups in total. The van der Waals surface area contributed by atoms with E-state index in [-0.39, 0.29) is 11.9 Å². The number of nitrogen functional groups attached to an aromatic ring is 1. The zero-order valence-electron chi connectivity index (χ0n) is 18.4. The number of benzene rings is 2. The minimum Gasteiger partial charge on any atom is -0.389 e. The van der Waals surface area contributed by atoms with Gasteiger partial charge in [0.25, 0.3) is 5.91 Å². The summed E-state index contributed by atoms with van der Waals surface area (Å²) in [5.41, 5.74) is 10.2. The number of nitrogens with zero attached hydrogens (tertiary/aromatic N) is 4. The molecule has 1 aliphatic carbocycles. The van der Waals surface area contributed by atoms with Crippen LogP contribution in [-0.4, -0.2) is 36.9 Å². The molecule has 0 fully saturated rings. The van der Waals surface area contributed by atoms with Crippen molar-refractivity contribution in [3.63, 3.8) is 0 Å². The third kappa shape index (κ3) is 4.01. The maximum Gasteiger partial charge on any atom is 0.251 e. The largest absolute Gasteiger partial charge is 0.389 e. The fraction of sp³-hybridized carbons (Fsp3) is 0.200. The molecular formula is C25H23FN6O2. The number of amides is 1. The molecule has 0 radical (unpaired) electrons. The highest BCUT2D eigenvalue weighted by molar-refractivity contribution is 5.98. The Morgan fingerprint density at radius 2 is 2.00 bits per heavy atom. The quantitative estimate of drug-likeness (QED) is 0.395. The van der Waals surface area contributed by atoms with Crippen molar-refractivity contribution >= 4 is 22.8 Å². The van der Waals surface area contributed by atoms with Gasteiger partial charge in [-0.25, -0.2) is 19.0 Å². The zero-order chi connectivity index (χ0) is 23.8. The molecule has 8 nitrogen and oxygen atoms in total. The molecule has 2 atom stereocenters. The SMILES string of the molecule is Cc1ccc(F)cc1C(=O)NCc1ccc(-c2nn([C@H]3C=C[C@H](O)C3)c3ncnc(N)c23)cc1. The lowest BCUT2D eigenvalue weighted by Crippen LogP contribution is -2.23. The van der Waals surface area contributed by atoms with Gasteiger partial charge in [0.15, 0.2) is 5.65 Å². The van der Waals surface area contributed by atoms with E-state index in [4.69, 9.17) is 10.8 Å². The summed E-state index contributed by atoms with van der Waals surface area (Å²) in [6, 6.07) is 11.6. The van der Waals surface area contributed by atoms with E-state index in [9.17, 15) is 14.3 Å². The van der Waals surface area contributed by atoms with Crippen LogP contribution in [0.5, 0.6) is 0 Å². The second-order valence-electron chi connectivity index (χ2n) is 8.34. The van der Waals surface area contributed by atoms with Gasteiger partial charge in [0.1, 0.15) is 23.7 Å². The Kier molecular flexibility index (Phi) is 5.54. The van der Waals surface area contributed by atoms with Crippen molar-refractivity contribution in [3.05, 3.63) is 83.5 Å². The van der Waals surface area contributed by atoms with Gasteiger partial charge in [-0.15, -0.1) is 0 Å². The van der Waals surface area contributed by atoms with Crippen molar-refractivity contribution in [3.8, 4) is 11.3 Å². The summed E-state index contributed by atoms with van der Waals surface area (Å²) in [7, 11) is 0. The number of carbonyl (C=O) groups excluding carboxylic acids is 1. The average Bonchev–Trinajstić information content (AvgIpc) is 3.44. The van der Waals surface area contributed by atoms with E-state index in [0.717, 1.165) is 11.1 Å². The number of aliphatic hydroxyl groups is 1. The number of carbonyl (C=O) groups is 1. The van der Waals surface area contributed by atoms with Gasteiger partial charge in [0.2, 0.25) is 0 Å². The predicted octanol–water partition coefficient (Wildman–Crippen LogP) is 3.31. The van der Waals surface area contributed by atoms with Crippen LogP contribution in [0.3, 0.4) is 0 Å². The number of halogens is 1. The first-order chi connectivity index (χ1) is 16.4. The van der Waals surface area contributed by atoms with Crippen LogP contribution < -0.4 is 11.1 Å². The number of aromatic nitrogens is 4. The maximum absolute atomic E-state index is 13.5. The van der Waals surface area contributed by atoms with E-state index >= 15 is 0 Å². The Bertz CT molecular complexity index is 1410. The lowest BCUT2D eigenvalue weighted by atomic mass is 10.1. The molecule has 172 valence electrons. The lowest BCUT2D eigenvalue weighted by molar-refractivity contribution is 0.0950. The van der Waals surface area contributed by atoms with Crippen LogP contribution in [0.2, 0.25) is 0 Å². The molecule has 4 aromatic rings. The Hall–Kier alpha value is -4.11. The molecule has 0 saturated carbocycles. The van der Waals surface area contributed by atoms with Crippen LogP contribution in [0.15, 0.2) is 60.9 Å². The second kappa shape index (κ2) is 8.68. The van der Waals surface area contributed by atoms with Crippen LogP contribution in [0.1, 0.15) is 33.9 Å². The van der Waals surface area contributed by atoms with Crippen molar-refractivity contribution in [2.45, 2.75) is 32.0 Å². The zero-order valence-corrected chi connectivity index (χ0v) is 18.4. The number of allylic oxidation sites excluding steroid dienone is 1. The summed E-state index contributed by atoms with van der Waals surface area (Å²) in [6.07, 6.45) is 5.06. The normalized spacial score (nSPS) is 17.4. The number of fused-ring (bicyclic) bond motifs is 1. The molecule has 0 unspecified atom stereocenters. The Labute approximate surface area is 195 Å². The summed E-state index contributed by atoms with van der Waals surface area (Å²) in [4.78, 5) is 21.0. The number of hydrogen-bond acceptors (Lipinski definition) is 6. The summed E-state index contributed by atoms with van der Waals surface area (Å²) < 4.78 is 15.3. The van der Waals surface area contributed by atoms with Crippen molar-refractivity contribution in [2.24, 2.45) is 0 Å². The van der Waals surface area contributed by atoms with Crippen LogP contribution in [0.4, 0.5) is 10.2 Å². The second-order valence-corrected chi connectivity index (χ2v) is 8.34. The fourth-order valence-corrected chi connectivity index (χ4v) is 4.17. The lowest BCUT2D eigenvalue weighted by Gasteiger charge is -2.10. The van der Waals surface area contributed by atoms with E-state index in [1.165, 1.54) is 18.5 Å². The molecule has 1 aliphatic rings. The summed E-state index contributed by atoms with van der Waals surface area (Å²) in [6.45, 7) is 2.06. The Balaban J connectivity index is 1.39. The summed E-state index contributed by atoms with van der Waals surface area (Å²) >= 11 is 0. The van der Waals surface area contributed by atoms with Crippen LogP contribution in [0.25, 0.3) is 22.3 Å². The molecule has 0 bridgehead atoms. The molecule has 2 heterocycles. The minimum absolute atomic E-state index is 0.124. The Morgan fingerprint density at radius 1 is 1.21 bits per heavy atom. The van der Waals surface area contributed by atoms with Gasteiger partial charge < -0.3 is 16.2 Å². The summed E-state index contributed by atoms with van der Waals surface area (Å²) in [5.74, 6) is -0.448. The highest BCUT2D eigenvalue weighted by Crippen LogP contribution is 2.34. The van der Waals surface area contributed by atoms with Gasteiger partial charge in [0.05, 0.1) is 17.5 Å². The average molecular weight is 458 g/mol. The number of hydrogen-bond donors (Lipinski definition) is 3. The van der Waals surface area contributed by atoms with Gasteiger partial charge in [-0.05, 0) is 30.2 Å². The molecule has 34 heavy (non-hydrogen) atoms. The van der Waals surface area contributed by atoms with Crippen LogP contribution in [0, 0.1) is 12.7 Å². The van der Waals surface area contributed by atoms with Crippen LogP contribution >= 0.6 is 0 Å². The van der Waals surface area contributed by atoms with Crippen molar-refractivity contribution < 1.29 is 14.3 Å². The van der Waals surface area contributed by atoms with Crippen molar-refractivity contribution in [2.75, 3.05) is 5.73 Å². The standard InChI is InChI=1S/C25H23FN6O2/c1-14-2-7-17(26)10-20(14)25(34)28-12-15-3-5-16(6-4-15)22-21-23(27)29-13-30-24(21)32(31-22)18-8-9-19(33)11-18/h2-10,13,18-19,33H,11-12H2,1H3,(H,28,34)(H2,27,29,30)/t18-,19-/m0/s1.